The zero-order valence-electron chi connectivity index (χ0n) is 10.2. The third-order valence-corrected chi connectivity index (χ3v) is 3.43. The van der Waals surface area contributed by atoms with Crippen molar-refractivity contribution in [2.45, 2.75) is 18.9 Å². The van der Waals surface area contributed by atoms with Crippen LogP contribution in [0.5, 0.6) is 0 Å². The van der Waals surface area contributed by atoms with Crippen LogP contribution in [0.1, 0.15) is 12.8 Å². The molecule has 2 atom stereocenters. The summed E-state index contributed by atoms with van der Waals surface area (Å²) in [6.45, 7) is 1.43. The van der Waals surface area contributed by atoms with Crippen molar-refractivity contribution in [1.82, 2.24) is 4.90 Å². The SMILES string of the molecule is O=CC1=CC(N2CCCC(C(=O)O)C2)C=CC=C1. The number of nitrogens with zero attached hydrogens (tertiary/aromatic N) is 1. The molecular weight excluding hydrogens is 230 g/mol. The Labute approximate surface area is 106 Å². The number of likely N-dealkylation sites (tertiary alicyclic amines) is 1. The van der Waals surface area contributed by atoms with Gasteiger partial charge in [-0.1, -0.05) is 30.4 Å². The van der Waals surface area contributed by atoms with Gasteiger partial charge in [-0.3, -0.25) is 14.5 Å². The summed E-state index contributed by atoms with van der Waals surface area (Å²) in [6.07, 6.45) is 11.8. The summed E-state index contributed by atoms with van der Waals surface area (Å²) >= 11 is 0. The molecule has 18 heavy (non-hydrogen) atoms. The van der Waals surface area contributed by atoms with Gasteiger partial charge in [-0.2, -0.15) is 0 Å². The lowest BCUT2D eigenvalue weighted by Crippen LogP contribution is -2.43. The highest BCUT2D eigenvalue weighted by Crippen LogP contribution is 2.21. The van der Waals surface area contributed by atoms with Gasteiger partial charge in [-0.25, -0.2) is 0 Å². The lowest BCUT2D eigenvalue weighted by molar-refractivity contribution is -0.143. The Morgan fingerprint density at radius 3 is 3.00 bits per heavy atom. The third-order valence-electron chi connectivity index (χ3n) is 3.43. The van der Waals surface area contributed by atoms with Crippen molar-refractivity contribution in [1.29, 1.82) is 0 Å². The molecule has 1 fully saturated rings. The van der Waals surface area contributed by atoms with Crippen LogP contribution in [0.2, 0.25) is 0 Å². The molecule has 2 unspecified atom stereocenters. The first-order chi connectivity index (χ1) is 8.70. The number of carboxylic acids is 1. The first-order valence-corrected chi connectivity index (χ1v) is 6.19. The molecule has 4 nitrogen and oxygen atoms in total. The summed E-state index contributed by atoms with van der Waals surface area (Å²) in [5.41, 5.74) is 0.641. The predicted octanol–water partition coefficient (Wildman–Crippen LogP) is 1.40. The molecule has 1 saturated heterocycles. The van der Waals surface area contributed by atoms with E-state index in [-0.39, 0.29) is 12.0 Å². The van der Waals surface area contributed by atoms with E-state index in [1.54, 1.807) is 6.08 Å². The van der Waals surface area contributed by atoms with E-state index in [4.69, 9.17) is 5.11 Å². The molecule has 1 aliphatic heterocycles. The fourth-order valence-electron chi connectivity index (χ4n) is 2.44. The highest BCUT2D eigenvalue weighted by atomic mass is 16.4. The smallest absolute Gasteiger partial charge is 0.307 e. The summed E-state index contributed by atoms with van der Waals surface area (Å²) in [5.74, 6) is -1.02. The molecule has 1 N–H and O–H groups in total. The summed E-state index contributed by atoms with van der Waals surface area (Å²) in [7, 11) is 0. The van der Waals surface area contributed by atoms with Crippen molar-refractivity contribution in [3.8, 4) is 0 Å². The van der Waals surface area contributed by atoms with Gasteiger partial charge < -0.3 is 5.11 Å². The lowest BCUT2D eigenvalue weighted by atomic mass is 9.96. The number of carbonyl (C=O) groups excluding carboxylic acids is 1. The van der Waals surface area contributed by atoms with Gasteiger partial charge in [0.05, 0.1) is 5.92 Å². The van der Waals surface area contributed by atoms with Gasteiger partial charge >= 0.3 is 5.97 Å². The van der Waals surface area contributed by atoms with Crippen LogP contribution in [-0.4, -0.2) is 41.4 Å². The number of carbonyl (C=O) groups is 2. The van der Waals surface area contributed by atoms with Crippen molar-refractivity contribution < 1.29 is 14.7 Å². The first-order valence-electron chi connectivity index (χ1n) is 6.19. The molecule has 0 radical (unpaired) electrons. The number of allylic oxidation sites excluding steroid dienone is 4. The molecule has 0 amide bonds. The standard InChI is InChI=1S/C14H17NO3/c16-10-11-4-1-2-6-13(8-11)15-7-3-5-12(9-15)14(17)18/h1-2,4,6,8,10,12-13H,3,5,7,9H2,(H,17,18). The predicted molar refractivity (Wildman–Crippen MR) is 68.1 cm³/mol. The Kier molecular flexibility index (Phi) is 4.10. The molecule has 0 aromatic heterocycles. The zero-order valence-corrected chi connectivity index (χ0v) is 10.2. The van der Waals surface area contributed by atoms with Crippen LogP contribution in [0.15, 0.2) is 36.0 Å². The maximum absolute atomic E-state index is 11.0. The maximum atomic E-state index is 11.0. The number of hydrogen-bond donors (Lipinski definition) is 1. The highest BCUT2D eigenvalue weighted by Gasteiger charge is 2.28. The molecule has 2 rings (SSSR count). The molecular formula is C14H17NO3. The third kappa shape index (κ3) is 2.96. The van der Waals surface area contributed by atoms with Crippen LogP contribution in [0.25, 0.3) is 0 Å². The van der Waals surface area contributed by atoms with E-state index >= 15 is 0 Å². The number of rotatable bonds is 3. The van der Waals surface area contributed by atoms with E-state index in [9.17, 15) is 9.59 Å². The Morgan fingerprint density at radius 1 is 1.44 bits per heavy atom. The second-order valence-electron chi connectivity index (χ2n) is 4.69. The Bertz CT molecular complexity index is 423. The fraction of sp³-hybridized carbons (Fsp3) is 0.429. The Hall–Kier alpha value is -1.68. The van der Waals surface area contributed by atoms with Crippen LogP contribution in [0, 0.1) is 5.92 Å². The second kappa shape index (κ2) is 5.78. The Morgan fingerprint density at radius 2 is 2.28 bits per heavy atom. The molecule has 0 saturated carbocycles. The molecule has 0 aromatic carbocycles. The van der Waals surface area contributed by atoms with Crippen LogP contribution < -0.4 is 0 Å². The molecule has 4 heteroatoms. The van der Waals surface area contributed by atoms with E-state index in [2.05, 4.69) is 4.90 Å². The number of piperidine rings is 1. The molecule has 1 heterocycles. The van der Waals surface area contributed by atoms with Crippen LogP contribution >= 0.6 is 0 Å². The molecule has 0 bridgehead atoms. The summed E-state index contributed by atoms with van der Waals surface area (Å²) < 4.78 is 0. The minimum Gasteiger partial charge on any atom is -0.481 e. The molecule has 2 aliphatic rings. The van der Waals surface area contributed by atoms with E-state index in [1.807, 2.05) is 24.3 Å². The lowest BCUT2D eigenvalue weighted by Gasteiger charge is -2.34. The average Bonchev–Trinajstić information content (AvgIpc) is 2.64. The minimum atomic E-state index is -0.727. The first kappa shape index (κ1) is 12.8. The fourth-order valence-corrected chi connectivity index (χ4v) is 2.44. The summed E-state index contributed by atoms with van der Waals surface area (Å²) in [5, 5.41) is 9.08. The van der Waals surface area contributed by atoms with Gasteiger partial charge in [-0.15, -0.1) is 0 Å². The number of aliphatic carboxylic acids is 1. The van der Waals surface area contributed by atoms with Crippen LogP contribution in [0.4, 0.5) is 0 Å². The van der Waals surface area contributed by atoms with Gasteiger partial charge in [0.25, 0.3) is 0 Å². The maximum Gasteiger partial charge on any atom is 0.307 e. The highest BCUT2D eigenvalue weighted by molar-refractivity contribution is 5.78. The van der Waals surface area contributed by atoms with Crippen LogP contribution in [-0.2, 0) is 9.59 Å². The van der Waals surface area contributed by atoms with Gasteiger partial charge in [0.15, 0.2) is 0 Å². The average molecular weight is 247 g/mol. The monoisotopic (exact) mass is 247 g/mol. The number of aldehydes is 1. The van der Waals surface area contributed by atoms with Crippen LogP contribution in [0.3, 0.4) is 0 Å². The number of hydrogen-bond acceptors (Lipinski definition) is 3. The minimum absolute atomic E-state index is 0.0161. The summed E-state index contributed by atoms with van der Waals surface area (Å²) in [4.78, 5) is 24.0. The van der Waals surface area contributed by atoms with Gasteiger partial charge in [0.1, 0.15) is 6.29 Å². The summed E-state index contributed by atoms with van der Waals surface area (Å²) in [6, 6.07) is 0.0161. The van der Waals surface area contributed by atoms with Crippen molar-refractivity contribution in [3.63, 3.8) is 0 Å². The van der Waals surface area contributed by atoms with Gasteiger partial charge in [-0.05, 0) is 19.4 Å². The number of carboxylic acid groups (broad SMARTS) is 1. The van der Waals surface area contributed by atoms with Crippen molar-refractivity contribution >= 4 is 12.3 Å². The Balaban J connectivity index is 2.10. The van der Waals surface area contributed by atoms with E-state index in [1.165, 1.54) is 0 Å². The largest absolute Gasteiger partial charge is 0.481 e. The molecule has 1 aliphatic carbocycles. The molecule has 0 aromatic rings. The van der Waals surface area contributed by atoms with E-state index < -0.39 is 5.97 Å². The van der Waals surface area contributed by atoms with Crippen molar-refractivity contribution in [2.24, 2.45) is 5.92 Å². The van der Waals surface area contributed by atoms with Gasteiger partial charge in [0, 0.05) is 18.2 Å². The second-order valence-corrected chi connectivity index (χ2v) is 4.69. The van der Waals surface area contributed by atoms with E-state index in [0.29, 0.717) is 12.1 Å². The topological polar surface area (TPSA) is 57.6 Å². The molecule has 0 spiro atoms. The van der Waals surface area contributed by atoms with Crippen molar-refractivity contribution in [2.75, 3.05) is 13.1 Å². The van der Waals surface area contributed by atoms with E-state index in [0.717, 1.165) is 25.7 Å². The molecule has 96 valence electrons. The van der Waals surface area contributed by atoms with Gasteiger partial charge in [0.2, 0.25) is 0 Å². The van der Waals surface area contributed by atoms with Crippen molar-refractivity contribution in [3.05, 3.63) is 36.0 Å². The normalized spacial score (nSPS) is 28.6. The zero-order chi connectivity index (χ0) is 13.0. The quantitative estimate of drug-likeness (QED) is 0.766.